The summed E-state index contributed by atoms with van der Waals surface area (Å²) >= 11 is 1.69. The van der Waals surface area contributed by atoms with Gasteiger partial charge in [0.2, 0.25) is 0 Å². The van der Waals surface area contributed by atoms with Crippen LogP contribution in [0.15, 0.2) is 76.5 Å². The van der Waals surface area contributed by atoms with E-state index in [1.807, 2.05) is 42.5 Å². The molecule has 2 aromatic carbocycles. The lowest BCUT2D eigenvalue weighted by atomic mass is 10.3. The fourth-order valence-corrected chi connectivity index (χ4v) is 2.31. The first kappa shape index (κ1) is 13.4. The Morgan fingerprint density at radius 1 is 1.00 bits per heavy atom. The van der Waals surface area contributed by atoms with Gasteiger partial charge in [-0.2, -0.15) is 0 Å². The molecule has 0 aromatic heterocycles. The Kier molecular flexibility index (Phi) is 4.42. The zero-order valence-electron chi connectivity index (χ0n) is 10.7. The minimum atomic E-state index is -0.150. The van der Waals surface area contributed by atoms with Gasteiger partial charge in [-0.1, -0.05) is 36.5 Å². The summed E-state index contributed by atoms with van der Waals surface area (Å²) in [6.07, 6.45) is 0. The third-order valence-electron chi connectivity index (χ3n) is 2.48. The first-order valence-electron chi connectivity index (χ1n) is 5.95. The number of amides is 1. The fourth-order valence-electron chi connectivity index (χ4n) is 1.47. The second-order valence-corrected chi connectivity index (χ2v) is 5.32. The molecule has 96 valence electrons. The maximum Gasteiger partial charge on any atom is 0.250 e. The van der Waals surface area contributed by atoms with Crippen LogP contribution in [-0.4, -0.2) is 5.91 Å². The van der Waals surface area contributed by atoms with E-state index in [2.05, 4.69) is 24.0 Å². The Balaban J connectivity index is 2.03. The smallest absolute Gasteiger partial charge is 0.250 e. The van der Waals surface area contributed by atoms with Gasteiger partial charge in [-0.15, -0.1) is 0 Å². The molecule has 0 saturated carbocycles. The highest BCUT2D eigenvalue weighted by molar-refractivity contribution is 7.99. The van der Waals surface area contributed by atoms with E-state index in [1.54, 1.807) is 18.7 Å². The highest BCUT2D eigenvalue weighted by Gasteiger charge is 2.02. The molecular weight excluding hydrogens is 254 g/mol. The quantitative estimate of drug-likeness (QED) is 0.836. The Morgan fingerprint density at radius 2 is 1.58 bits per heavy atom. The van der Waals surface area contributed by atoms with Crippen LogP contribution in [0.1, 0.15) is 6.92 Å². The number of anilines is 1. The molecule has 3 heteroatoms. The van der Waals surface area contributed by atoms with E-state index in [9.17, 15) is 4.79 Å². The van der Waals surface area contributed by atoms with E-state index in [1.165, 1.54) is 4.90 Å². The van der Waals surface area contributed by atoms with Gasteiger partial charge in [-0.25, -0.2) is 0 Å². The Hall–Kier alpha value is -2.00. The van der Waals surface area contributed by atoms with Crippen molar-refractivity contribution in [2.24, 2.45) is 0 Å². The number of carbonyl (C=O) groups is 1. The molecule has 0 bridgehead atoms. The number of hydrogen-bond donors (Lipinski definition) is 1. The molecule has 1 N–H and O–H groups in total. The van der Waals surface area contributed by atoms with Crippen molar-refractivity contribution in [1.82, 2.24) is 0 Å². The average Bonchev–Trinajstić information content (AvgIpc) is 2.42. The summed E-state index contributed by atoms with van der Waals surface area (Å²) in [5.74, 6) is -0.150. The van der Waals surface area contributed by atoms with Crippen LogP contribution in [0, 0.1) is 0 Å². The topological polar surface area (TPSA) is 29.1 Å². The third kappa shape index (κ3) is 4.00. The van der Waals surface area contributed by atoms with Gasteiger partial charge in [0.25, 0.3) is 5.91 Å². The Morgan fingerprint density at radius 3 is 2.16 bits per heavy atom. The van der Waals surface area contributed by atoms with Crippen molar-refractivity contribution in [3.05, 3.63) is 66.7 Å². The monoisotopic (exact) mass is 269 g/mol. The first-order chi connectivity index (χ1) is 9.15. The standard InChI is InChI=1S/C16H15NOS/c1-12(2)16(18)17-13-8-10-15(11-9-13)19-14-6-4-3-5-7-14/h3-11H,1H2,2H3,(H,17,18). The summed E-state index contributed by atoms with van der Waals surface area (Å²) in [5, 5.41) is 2.78. The van der Waals surface area contributed by atoms with Gasteiger partial charge < -0.3 is 5.32 Å². The van der Waals surface area contributed by atoms with Crippen LogP contribution in [0.3, 0.4) is 0 Å². The molecule has 19 heavy (non-hydrogen) atoms. The average molecular weight is 269 g/mol. The highest BCUT2D eigenvalue weighted by atomic mass is 32.2. The zero-order chi connectivity index (χ0) is 13.7. The fraction of sp³-hybridized carbons (Fsp3) is 0.0625. The lowest BCUT2D eigenvalue weighted by Gasteiger charge is -2.06. The molecule has 2 nitrogen and oxygen atoms in total. The van der Waals surface area contributed by atoms with Crippen molar-refractivity contribution in [3.8, 4) is 0 Å². The van der Waals surface area contributed by atoms with Crippen molar-refractivity contribution < 1.29 is 4.79 Å². The van der Waals surface area contributed by atoms with Gasteiger partial charge in [0.1, 0.15) is 0 Å². The summed E-state index contributed by atoms with van der Waals surface area (Å²) in [5.41, 5.74) is 1.29. The van der Waals surface area contributed by atoms with Crippen LogP contribution in [0.5, 0.6) is 0 Å². The van der Waals surface area contributed by atoms with E-state index in [0.29, 0.717) is 5.57 Å². The molecule has 2 rings (SSSR count). The molecule has 0 unspecified atom stereocenters. The third-order valence-corrected chi connectivity index (χ3v) is 3.49. The second kappa shape index (κ2) is 6.25. The van der Waals surface area contributed by atoms with Gasteiger partial charge in [0.05, 0.1) is 0 Å². The number of hydrogen-bond acceptors (Lipinski definition) is 2. The predicted molar refractivity (Wildman–Crippen MR) is 80.5 cm³/mol. The predicted octanol–water partition coefficient (Wildman–Crippen LogP) is 4.35. The van der Waals surface area contributed by atoms with Gasteiger partial charge in [0.15, 0.2) is 0 Å². The molecule has 0 aliphatic heterocycles. The number of rotatable bonds is 4. The summed E-state index contributed by atoms with van der Waals surface area (Å²) in [6.45, 7) is 5.30. The van der Waals surface area contributed by atoms with Crippen LogP contribution in [0.2, 0.25) is 0 Å². The van der Waals surface area contributed by atoms with Gasteiger partial charge >= 0.3 is 0 Å². The summed E-state index contributed by atoms with van der Waals surface area (Å²) < 4.78 is 0. The summed E-state index contributed by atoms with van der Waals surface area (Å²) in [7, 11) is 0. The summed E-state index contributed by atoms with van der Waals surface area (Å²) in [4.78, 5) is 13.8. The minimum absolute atomic E-state index is 0.150. The van der Waals surface area contributed by atoms with Gasteiger partial charge in [-0.05, 0) is 43.3 Å². The lowest BCUT2D eigenvalue weighted by Crippen LogP contribution is -2.11. The maximum absolute atomic E-state index is 11.5. The second-order valence-electron chi connectivity index (χ2n) is 4.17. The number of benzene rings is 2. The van der Waals surface area contributed by atoms with Crippen molar-refractivity contribution in [2.75, 3.05) is 5.32 Å². The molecule has 0 radical (unpaired) electrons. The number of nitrogens with one attached hydrogen (secondary N) is 1. The molecular formula is C16H15NOS. The van der Waals surface area contributed by atoms with Crippen LogP contribution >= 0.6 is 11.8 Å². The first-order valence-corrected chi connectivity index (χ1v) is 6.76. The van der Waals surface area contributed by atoms with Gasteiger partial charge in [-0.3, -0.25) is 4.79 Å². The van der Waals surface area contributed by atoms with Crippen LogP contribution in [-0.2, 0) is 4.79 Å². The molecule has 2 aromatic rings. The van der Waals surface area contributed by atoms with E-state index in [4.69, 9.17) is 0 Å². The molecule has 0 saturated heterocycles. The Labute approximate surface area is 117 Å². The highest BCUT2D eigenvalue weighted by Crippen LogP contribution is 2.28. The molecule has 1 amide bonds. The summed E-state index contributed by atoms with van der Waals surface area (Å²) in [6, 6.07) is 18.0. The molecule has 0 atom stereocenters. The van der Waals surface area contributed by atoms with Crippen molar-refractivity contribution >= 4 is 23.4 Å². The van der Waals surface area contributed by atoms with Crippen LogP contribution in [0.4, 0.5) is 5.69 Å². The maximum atomic E-state index is 11.5. The van der Waals surface area contributed by atoms with Crippen molar-refractivity contribution in [2.45, 2.75) is 16.7 Å². The van der Waals surface area contributed by atoms with Crippen LogP contribution < -0.4 is 5.32 Å². The van der Waals surface area contributed by atoms with E-state index in [-0.39, 0.29) is 5.91 Å². The van der Waals surface area contributed by atoms with Crippen molar-refractivity contribution in [3.63, 3.8) is 0 Å². The minimum Gasteiger partial charge on any atom is -0.322 e. The number of carbonyl (C=O) groups excluding carboxylic acids is 1. The molecule has 0 fully saturated rings. The van der Waals surface area contributed by atoms with Crippen LogP contribution in [0.25, 0.3) is 0 Å². The molecule has 0 aliphatic rings. The Bertz CT molecular complexity index is 575. The zero-order valence-corrected chi connectivity index (χ0v) is 11.5. The molecule has 0 aliphatic carbocycles. The molecule has 0 heterocycles. The normalized spacial score (nSPS) is 9.95. The SMILES string of the molecule is C=C(C)C(=O)Nc1ccc(Sc2ccccc2)cc1. The lowest BCUT2D eigenvalue weighted by molar-refractivity contribution is -0.112. The van der Waals surface area contributed by atoms with E-state index in [0.717, 1.165) is 10.6 Å². The van der Waals surface area contributed by atoms with E-state index < -0.39 is 0 Å². The van der Waals surface area contributed by atoms with E-state index >= 15 is 0 Å². The largest absolute Gasteiger partial charge is 0.322 e. The molecule has 0 spiro atoms. The van der Waals surface area contributed by atoms with Crippen molar-refractivity contribution in [1.29, 1.82) is 0 Å². The van der Waals surface area contributed by atoms with Gasteiger partial charge in [0, 0.05) is 21.1 Å².